The van der Waals surface area contributed by atoms with Crippen LogP contribution < -0.4 is 0 Å². The topological polar surface area (TPSA) is 0 Å². The fraction of sp³-hybridized carbons (Fsp3) is 0.158. The fourth-order valence-electron chi connectivity index (χ4n) is 14.6. The van der Waals surface area contributed by atoms with Gasteiger partial charge in [0.15, 0.2) is 0 Å². The molecule has 0 saturated carbocycles. The molecule has 0 N–H and O–H groups in total. The first-order valence-corrected chi connectivity index (χ1v) is 27.4. The summed E-state index contributed by atoms with van der Waals surface area (Å²) in [7, 11) is 0. The minimum atomic E-state index is -0.527. The Bertz CT molecular complexity index is 4100. The van der Waals surface area contributed by atoms with Crippen molar-refractivity contribution < 1.29 is 0 Å². The Morgan fingerprint density at radius 3 is 1.46 bits per heavy atom. The molecule has 11 aromatic rings. The minimum absolute atomic E-state index is 0.238. The highest BCUT2D eigenvalue weighted by Crippen LogP contribution is 2.61. The van der Waals surface area contributed by atoms with E-state index in [2.05, 4.69) is 273 Å². The Morgan fingerprint density at radius 1 is 0.316 bits per heavy atom. The van der Waals surface area contributed by atoms with E-state index >= 15 is 0 Å². The van der Waals surface area contributed by atoms with Crippen molar-refractivity contribution in [3.8, 4) is 33.4 Å². The van der Waals surface area contributed by atoms with Crippen LogP contribution in [-0.2, 0) is 29.1 Å². The van der Waals surface area contributed by atoms with Crippen LogP contribution in [-0.4, -0.2) is 0 Å². The van der Waals surface area contributed by atoms with Gasteiger partial charge in [-0.05, 0) is 189 Å². The number of aryl methyl sites for hydroxylation is 6. The van der Waals surface area contributed by atoms with E-state index in [9.17, 15) is 0 Å². The average Bonchev–Trinajstić information content (AvgIpc) is 4.22. The maximum atomic E-state index is 2.51. The van der Waals surface area contributed by atoms with Gasteiger partial charge in [-0.1, -0.05) is 247 Å². The van der Waals surface area contributed by atoms with Crippen LogP contribution in [0.3, 0.4) is 0 Å². The van der Waals surface area contributed by atoms with E-state index in [1.54, 1.807) is 0 Å². The second-order valence-corrected chi connectivity index (χ2v) is 23.0. The molecule has 3 aliphatic rings. The van der Waals surface area contributed by atoms with Crippen LogP contribution in [0.15, 0.2) is 224 Å². The van der Waals surface area contributed by atoms with Crippen LogP contribution in [0.1, 0.15) is 113 Å². The van der Waals surface area contributed by atoms with Crippen LogP contribution in [0.25, 0.3) is 44.2 Å². The van der Waals surface area contributed by atoms with Gasteiger partial charge in [0.2, 0.25) is 0 Å². The zero-order valence-electron chi connectivity index (χ0n) is 44.8. The van der Waals surface area contributed by atoms with Crippen molar-refractivity contribution in [2.24, 2.45) is 0 Å². The monoisotopic (exact) mass is 974 g/mol. The molecule has 0 spiro atoms. The average molecular weight is 975 g/mol. The maximum absolute atomic E-state index is 2.51. The zero-order valence-corrected chi connectivity index (χ0v) is 44.8. The van der Waals surface area contributed by atoms with Gasteiger partial charge in [0.05, 0.1) is 10.8 Å². The van der Waals surface area contributed by atoms with E-state index in [1.165, 1.54) is 150 Å². The van der Waals surface area contributed by atoms with Crippen LogP contribution in [0.5, 0.6) is 0 Å². The predicted molar refractivity (Wildman–Crippen MR) is 318 cm³/mol. The molecule has 14 rings (SSSR count). The van der Waals surface area contributed by atoms with Gasteiger partial charge >= 0.3 is 0 Å². The lowest BCUT2D eigenvalue weighted by Crippen LogP contribution is -2.29. The molecule has 0 amide bonds. The van der Waals surface area contributed by atoms with Crippen molar-refractivity contribution in [1.29, 1.82) is 0 Å². The van der Waals surface area contributed by atoms with Crippen molar-refractivity contribution in [2.75, 3.05) is 0 Å². The summed E-state index contributed by atoms with van der Waals surface area (Å²) >= 11 is 0. The molecule has 3 aliphatic carbocycles. The second-order valence-electron chi connectivity index (χ2n) is 23.0. The molecular weight excluding hydrogens is 913 g/mol. The third-order valence-corrected chi connectivity index (χ3v) is 18.1. The summed E-state index contributed by atoms with van der Waals surface area (Å²) in [6, 6.07) is 87.3. The molecule has 76 heavy (non-hydrogen) atoms. The second kappa shape index (κ2) is 17.1. The lowest BCUT2D eigenvalue weighted by Gasteiger charge is -2.35. The Labute approximate surface area is 449 Å². The number of hydrogen-bond acceptors (Lipinski definition) is 0. The van der Waals surface area contributed by atoms with Crippen LogP contribution in [0.4, 0.5) is 0 Å². The molecule has 0 nitrogen and oxygen atoms in total. The molecule has 2 atom stereocenters. The summed E-state index contributed by atoms with van der Waals surface area (Å²) in [6.07, 6.45) is 1.72. The Kier molecular flexibility index (Phi) is 10.4. The summed E-state index contributed by atoms with van der Waals surface area (Å²) in [6.45, 7) is 15.9. The highest BCUT2D eigenvalue weighted by atomic mass is 14.5. The van der Waals surface area contributed by atoms with Gasteiger partial charge in [0.25, 0.3) is 0 Å². The molecular formula is C76H62. The smallest absolute Gasteiger partial charge is 0.0619 e. The molecule has 0 aliphatic heterocycles. The molecule has 0 fully saturated rings. The van der Waals surface area contributed by atoms with Gasteiger partial charge in [-0.15, -0.1) is 0 Å². The quantitative estimate of drug-likeness (QED) is 0.142. The van der Waals surface area contributed by atoms with Crippen LogP contribution in [0.2, 0.25) is 0 Å². The van der Waals surface area contributed by atoms with Crippen LogP contribution in [0, 0.1) is 41.5 Å². The number of benzene rings is 11. The Morgan fingerprint density at radius 2 is 0.816 bits per heavy atom. The van der Waals surface area contributed by atoms with Crippen molar-refractivity contribution in [1.82, 2.24) is 0 Å². The molecule has 366 valence electrons. The van der Waals surface area contributed by atoms with E-state index in [-0.39, 0.29) is 5.41 Å². The van der Waals surface area contributed by atoms with E-state index in [0.717, 1.165) is 12.8 Å². The molecule has 0 heteroatoms. The highest BCUT2D eigenvalue weighted by molar-refractivity contribution is 5.95. The third-order valence-electron chi connectivity index (χ3n) is 18.1. The van der Waals surface area contributed by atoms with Crippen molar-refractivity contribution in [3.05, 3.63) is 330 Å². The van der Waals surface area contributed by atoms with E-state index in [4.69, 9.17) is 0 Å². The summed E-state index contributed by atoms with van der Waals surface area (Å²) in [5.74, 6) is 0. The molecule has 0 saturated heterocycles. The Hall–Kier alpha value is -8.32. The molecule has 0 bridgehead atoms. The molecule has 0 heterocycles. The van der Waals surface area contributed by atoms with E-state index < -0.39 is 10.8 Å². The SMILES string of the molecule is Cc1ccc(C2(c3ccc(Cc4cc(C)c5c(c4)-c4ccccc4C5(c4ccc(C)cc4)c4ccc(C)cc4)cc3)c3cc(C)ccc3-c3c(CC4(C)c5cc(C)ccc5-c5cc6ccccc6cc54)cccc32)cc1. The molecule has 11 aromatic carbocycles. The van der Waals surface area contributed by atoms with Gasteiger partial charge in [0, 0.05) is 5.41 Å². The summed E-state index contributed by atoms with van der Waals surface area (Å²) in [4.78, 5) is 0. The molecule has 0 radical (unpaired) electrons. The van der Waals surface area contributed by atoms with E-state index in [1.807, 2.05) is 0 Å². The lowest BCUT2D eigenvalue weighted by molar-refractivity contribution is 0.583. The number of fused-ring (bicyclic) bond motifs is 10. The highest BCUT2D eigenvalue weighted by Gasteiger charge is 2.50. The van der Waals surface area contributed by atoms with Crippen molar-refractivity contribution in [2.45, 2.75) is 77.6 Å². The number of rotatable bonds is 8. The van der Waals surface area contributed by atoms with Gasteiger partial charge < -0.3 is 0 Å². The molecule has 2 unspecified atom stereocenters. The summed E-state index contributed by atoms with van der Waals surface area (Å²) in [5, 5.41) is 2.59. The zero-order chi connectivity index (χ0) is 51.7. The first-order valence-electron chi connectivity index (χ1n) is 27.4. The third kappa shape index (κ3) is 6.69. The van der Waals surface area contributed by atoms with E-state index in [0.29, 0.717) is 0 Å². The predicted octanol–water partition coefficient (Wildman–Crippen LogP) is 18.5. The normalized spacial score (nSPS) is 17.2. The van der Waals surface area contributed by atoms with Gasteiger partial charge in [-0.25, -0.2) is 0 Å². The fourth-order valence-corrected chi connectivity index (χ4v) is 14.6. The molecule has 0 aromatic heterocycles. The maximum Gasteiger partial charge on any atom is 0.0716 e. The standard InChI is InChI=1S/C76H62/c1-47-19-29-58(30-20-47)75(68-18-12-15-57(72(68)64-38-26-51(5)40-71(64)75)46-74(7)69-39-50(4)25-37-63(69)65-44-55-13-8-9-14-56(55)45-70(65)74)59-35-27-53(28-36-59)42-54-41-52(6)73-66(43-54)62-16-10-11-17-67(62)76(73,60-31-21-48(2)22-32-60)61-33-23-49(3)24-34-61/h8-41,43-45H,42,46H2,1-7H3. The summed E-state index contributed by atoms with van der Waals surface area (Å²) in [5.41, 5.74) is 32.2. The van der Waals surface area contributed by atoms with Gasteiger partial charge in [-0.3, -0.25) is 0 Å². The first-order chi connectivity index (χ1) is 36.9. The first kappa shape index (κ1) is 46.2. The van der Waals surface area contributed by atoms with Crippen molar-refractivity contribution >= 4 is 10.8 Å². The van der Waals surface area contributed by atoms with Crippen molar-refractivity contribution in [3.63, 3.8) is 0 Å². The lowest BCUT2D eigenvalue weighted by atomic mass is 9.66. The minimum Gasteiger partial charge on any atom is -0.0619 e. The summed E-state index contributed by atoms with van der Waals surface area (Å²) < 4.78 is 0. The van der Waals surface area contributed by atoms with Gasteiger partial charge in [-0.2, -0.15) is 0 Å². The largest absolute Gasteiger partial charge is 0.0716 e. The number of hydrogen-bond donors (Lipinski definition) is 0. The van der Waals surface area contributed by atoms with Crippen LogP contribution >= 0.6 is 0 Å². The van der Waals surface area contributed by atoms with Gasteiger partial charge in [0.1, 0.15) is 0 Å². The Balaban J connectivity index is 0.900.